The van der Waals surface area contributed by atoms with E-state index in [-0.39, 0.29) is 40.2 Å². The van der Waals surface area contributed by atoms with Crippen LogP contribution in [-0.2, 0) is 22.7 Å². The Morgan fingerprint density at radius 3 is 2.35 bits per heavy atom. The van der Waals surface area contributed by atoms with E-state index >= 15 is 0 Å². The van der Waals surface area contributed by atoms with Crippen LogP contribution in [0.1, 0.15) is 18.1 Å². The molecule has 2 N–H and O–H groups in total. The van der Waals surface area contributed by atoms with E-state index in [0.717, 1.165) is 32.6 Å². The van der Waals surface area contributed by atoms with Crippen LogP contribution < -0.4 is 26.8 Å². The second kappa shape index (κ2) is 13.2. The second-order valence-corrected chi connectivity index (χ2v) is 10.8. The molecule has 0 atom stereocenters. The molecule has 0 aliphatic heterocycles. The summed E-state index contributed by atoms with van der Waals surface area (Å²) < 4.78 is 36.6. The van der Waals surface area contributed by atoms with Crippen molar-refractivity contribution in [1.29, 1.82) is 0 Å². The topological polar surface area (TPSA) is 163 Å². The molecule has 4 aromatic heterocycles. The van der Waals surface area contributed by atoms with Crippen molar-refractivity contribution in [3.63, 3.8) is 0 Å². The molecule has 0 saturated carbocycles. The van der Waals surface area contributed by atoms with Crippen molar-refractivity contribution in [2.24, 2.45) is 0 Å². The molecule has 4 heterocycles. The Morgan fingerprint density at radius 1 is 1.02 bits per heavy atom. The van der Waals surface area contributed by atoms with Gasteiger partial charge in [-0.3, -0.25) is 24.3 Å². The minimum Gasteiger partial charge on any atom is -0.480 e. The standard InChI is InChI=1S/C29H26F2N8O6S/c1-15(40)37(2)13-18-24-26(41)39(22-10-11-23(44-3)35-34-22)29(43)38(14-17-19(30)6-5-7-20(17)31)27(24)46-25(18)16-8-9-21(32-12-16)33-28(42)36-45-4/h5-12H,13-14H2,1-4H3,(H2,32,33,36,42). The first-order valence-electron chi connectivity index (χ1n) is 13.4. The van der Waals surface area contributed by atoms with Gasteiger partial charge in [0.15, 0.2) is 5.82 Å². The van der Waals surface area contributed by atoms with Gasteiger partial charge in [0.1, 0.15) is 22.3 Å². The minimum absolute atomic E-state index is 0.0174. The first-order chi connectivity index (χ1) is 22.0. The number of benzene rings is 1. The first-order valence-corrected chi connectivity index (χ1v) is 14.3. The Hall–Kier alpha value is -5.55. The first kappa shape index (κ1) is 31.9. The van der Waals surface area contributed by atoms with Gasteiger partial charge in [0.2, 0.25) is 11.8 Å². The molecule has 14 nitrogen and oxygen atoms in total. The van der Waals surface area contributed by atoms with Gasteiger partial charge in [0, 0.05) is 54.3 Å². The summed E-state index contributed by atoms with van der Waals surface area (Å²) in [6.07, 6.45) is 1.43. The van der Waals surface area contributed by atoms with Crippen molar-refractivity contribution in [3.8, 4) is 22.1 Å². The summed E-state index contributed by atoms with van der Waals surface area (Å²) in [7, 11) is 4.17. The number of hydrogen-bond donors (Lipinski definition) is 2. The fraction of sp³-hybridized carbons (Fsp3) is 0.207. The van der Waals surface area contributed by atoms with Gasteiger partial charge in [-0.15, -0.1) is 21.5 Å². The van der Waals surface area contributed by atoms with Gasteiger partial charge in [-0.05, 0) is 30.3 Å². The van der Waals surface area contributed by atoms with Crippen molar-refractivity contribution >= 4 is 39.3 Å². The number of carbonyl (C=O) groups is 2. The normalized spacial score (nSPS) is 11.0. The van der Waals surface area contributed by atoms with E-state index in [9.17, 15) is 28.0 Å². The van der Waals surface area contributed by atoms with Gasteiger partial charge in [-0.2, -0.15) is 0 Å². The average Bonchev–Trinajstić information content (AvgIpc) is 3.40. The maximum Gasteiger partial charge on any atom is 0.344 e. The number of amides is 3. The number of hydrogen-bond acceptors (Lipinski definition) is 10. The van der Waals surface area contributed by atoms with Crippen LogP contribution in [-0.4, -0.2) is 62.4 Å². The maximum absolute atomic E-state index is 14.9. The maximum atomic E-state index is 14.9. The highest BCUT2D eigenvalue weighted by Gasteiger charge is 2.26. The number of anilines is 1. The Labute approximate surface area is 262 Å². The van der Waals surface area contributed by atoms with Crippen LogP contribution in [0.2, 0.25) is 0 Å². The van der Waals surface area contributed by atoms with E-state index in [1.807, 2.05) is 0 Å². The van der Waals surface area contributed by atoms with Crippen LogP contribution in [0.4, 0.5) is 19.4 Å². The number of hydroxylamine groups is 1. The summed E-state index contributed by atoms with van der Waals surface area (Å²) in [6.45, 7) is 0.704. The Balaban J connectivity index is 1.81. The summed E-state index contributed by atoms with van der Waals surface area (Å²) in [6, 6.07) is 8.52. The molecule has 3 amide bonds. The number of halogens is 2. The Kier molecular flexibility index (Phi) is 9.15. The molecule has 5 rings (SSSR count). The van der Waals surface area contributed by atoms with Crippen molar-refractivity contribution < 1.29 is 27.9 Å². The highest BCUT2D eigenvalue weighted by molar-refractivity contribution is 7.22. The van der Waals surface area contributed by atoms with Crippen molar-refractivity contribution in [3.05, 3.63) is 92.3 Å². The molecular formula is C29H26F2N8O6S. The van der Waals surface area contributed by atoms with Crippen LogP contribution in [0.3, 0.4) is 0 Å². The second-order valence-electron chi connectivity index (χ2n) is 9.80. The summed E-state index contributed by atoms with van der Waals surface area (Å²) in [4.78, 5) is 63.2. The van der Waals surface area contributed by atoms with Crippen molar-refractivity contribution in [1.82, 2.24) is 34.7 Å². The quantitative estimate of drug-likeness (QED) is 0.228. The van der Waals surface area contributed by atoms with Crippen LogP contribution in [0.25, 0.3) is 26.5 Å². The largest absolute Gasteiger partial charge is 0.480 e. The van der Waals surface area contributed by atoms with E-state index in [2.05, 4.69) is 30.8 Å². The van der Waals surface area contributed by atoms with Gasteiger partial charge in [0.05, 0.1) is 26.2 Å². The van der Waals surface area contributed by atoms with Crippen LogP contribution in [0.5, 0.6) is 5.88 Å². The molecule has 0 fully saturated rings. The summed E-state index contributed by atoms with van der Waals surface area (Å²) in [5.41, 5.74) is 0.800. The molecule has 5 aromatic rings. The number of methoxy groups -OCH3 is 1. The highest BCUT2D eigenvalue weighted by Crippen LogP contribution is 2.38. The molecule has 0 aliphatic rings. The zero-order valence-electron chi connectivity index (χ0n) is 24.8. The lowest BCUT2D eigenvalue weighted by molar-refractivity contribution is -0.128. The summed E-state index contributed by atoms with van der Waals surface area (Å²) in [5.74, 6) is -1.95. The van der Waals surface area contributed by atoms with Gasteiger partial charge >= 0.3 is 11.7 Å². The number of carbonyl (C=O) groups excluding carboxylic acids is 2. The molecule has 0 aliphatic carbocycles. The smallest absolute Gasteiger partial charge is 0.344 e. The zero-order chi connectivity index (χ0) is 33.1. The highest BCUT2D eigenvalue weighted by atomic mass is 32.1. The zero-order valence-corrected chi connectivity index (χ0v) is 25.6. The van der Waals surface area contributed by atoms with Gasteiger partial charge in [-0.25, -0.2) is 33.4 Å². The monoisotopic (exact) mass is 652 g/mol. The molecule has 0 bridgehead atoms. The van der Waals surface area contributed by atoms with Gasteiger partial charge < -0.3 is 9.64 Å². The Bertz CT molecular complexity index is 2040. The summed E-state index contributed by atoms with van der Waals surface area (Å²) in [5, 5.41) is 10.3. The van der Waals surface area contributed by atoms with Crippen LogP contribution >= 0.6 is 11.3 Å². The number of aromatic nitrogens is 5. The number of fused-ring (bicyclic) bond motifs is 1. The number of thiophene rings is 1. The van der Waals surface area contributed by atoms with Crippen molar-refractivity contribution in [2.75, 3.05) is 26.6 Å². The number of urea groups is 1. The molecule has 0 radical (unpaired) electrons. The number of rotatable bonds is 9. The van der Waals surface area contributed by atoms with Crippen LogP contribution in [0, 0.1) is 11.6 Å². The Morgan fingerprint density at radius 2 is 1.76 bits per heavy atom. The molecular weight excluding hydrogens is 626 g/mol. The number of pyridine rings is 1. The van der Waals surface area contributed by atoms with E-state index in [1.165, 1.54) is 63.6 Å². The van der Waals surface area contributed by atoms with E-state index in [1.54, 1.807) is 6.07 Å². The van der Waals surface area contributed by atoms with Crippen molar-refractivity contribution in [2.45, 2.75) is 20.0 Å². The van der Waals surface area contributed by atoms with Crippen LogP contribution in [0.15, 0.2) is 58.3 Å². The lowest BCUT2D eigenvalue weighted by atomic mass is 10.1. The summed E-state index contributed by atoms with van der Waals surface area (Å²) >= 11 is 1.01. The SMILES string of the molecule is CONC(=O)Nc1ccc(-c2sc3c(c2CN(C)C(C)=O)c(=O)n(-c2ccc(OC)nn2)c(=O)n3Cc2c(F)cccc2F)cn1. The lowest BCUT2D eigenvalue weighted by Gasteiger charge is -2.16. The average molecular weight is 653 g/mol. The third kappa shape index (κ3) is 6.18. The molecule has 0 saturated heterocycles. The predicted molar refractivity (Wildman–Crippen MR) is 164 cm³/mol. The molecule has 1 aromatic carbocycles. The fourth-order valence-electron chi connectivity index (χ4n) is 4.56. The van der Waals surface area contributed by atoms with E-state index in [0.29, 0.717) is 16.0 Å². The molecule has 238 valence electrons. The van der Waals surface area contributed by atoms with E-state index in [4.69, 9.17) is 4.74 Å². The third-order valence-electron chi connectivity index (χ3n) is 6.91. The lowest BCUT2D eigenvalue weighted by Crippen LogP contribution is -2.40. The van der Waals surface area contributed by atoms with E-state index < -0.39 is 41.0 Å². The molecule has 0 unspecified atom stereocenters. The fourth-order valence-corrected chi connectivity index (χ4v) is 5.85. The molecule has 46 heavy (non-hydrogen) atoms. The minimum atomic E-state index is -0.930. The molecule has 17 heteroatoms. The number of nitrogens with zero attached hydrogens (tertiary/aromatic N) is 6. The molecule has 0 spiro atoms. The number of ether oxygens (including phenoxy) is 1. The van der Waals surface area contributed by atoms with Gasteiger partial charge in [0.25, 0.3) is 5.56 Å². The van der Waals surface area contributed by atoms with Gasteiger partial charge in [-0.1, -0.05) is 6.07 Å². The predicted octanol–water partition coefficient (Wildman–Crippen LogP) is 3.06. The number of nitrogens with one attached hydrogen (secondary N) is 2. The third-order valence-corrected chi connectivity index (χ3v) is 8.21.